The van der Waals surface area contributed by atoms with Gasteiger partial charge in [-0.3, -0.25) is 14.4 Å². The van der Waals surface area contributed by atoms with Gasteiger partial charge in [0.15, 0.2) is 0 Å². The van der Waals surface area contributed by atoms with Gasteiger partial charge in [-0.25, -0.2) is 0 Å². The highest BCUT2D eigenvalue weighted by molar-refractivity contribution is 8.00. The van der Waals surface area contributed by atoms with Crippen molar-refractivity contribution in [2.45, 2.75) is 23.5 Å². The Morgan fingerprint density at radius 3 is 2.30 bits per heavy atom. The fourth-order valence-corrected chi connectivity index (χ4v) is 5.22. The van der Waals surface area contributed by atoms with Crippen LogP contribution in [0.15, 0.2) is 108 Å². The number of methoxy groups -OCH3 is 2. The third kappa shape index (κ3) is 8.42. The molecule has 0 radical (unpaired) electrons. The fraction of sp³-hybridized carbons (Fsp3) is 0.147. The van der Waals surface area contributed by atoms with Gasteiger partial charge in [-0.05, 0) is 67.1 Å². The Hall–Kier alpha value is -5.22. The topological polar surface area (TPSA) is 126 Å². The van der Waals surface area contributed by atoms with Gasteiger partial charge in [-0.1, -0.05) is 43.3 Å². The van der Waals surface area contributed by atoms with Crippen molar-refractivity contribution >= 4 is 46.9 Å². The minimum Gasteiger partial charge on any atom is -0.508 e. The minimum atomic E-state index is -0.576. The predicted octanol–water partition coefficient (Wildman–Crippen LogP) is 6.33. The molecule has 0 aliphatic heterocycles. The summed E-state index contributed by atoms with van der Waals surface area (Å²) in [4.78, 5) is 40.4. The second-order valence-electron chi connectivity index (χ2n) is 9.49. The predicted molar refractivity (Wildman–Crippen MR) is 173 cm³/mol. The zero-order valence-corrected chi connectivity index (χ0v) is 25.3. The third-order valence-corrected chi connectivity index (χ3v) is 7.80. The first-order valence-electron chi connectivity index (χ1n) is 13.8. The van der Waals surface area contributed by atoms with E-state index >= 15 is 0 Å². The van der Waals surface area contributed by atoms with Crippen LogP contribution >= 0.6 is 11.8 Å². The number of para-hydroxylation sites is 2. The summed E-state index contributed by atoms with van der Waals surface area (Å²) in [5.41, 5.74) is 1.86. The zero-order chi connectivity index (χ0) is 31.5. The molecule has 44 heavy (non-hydrogen) atoms. The lowest BCUT2D eigenvalue weighted by Crippen LogP contribution is -2.30. The van der Waals surface area contributed by atoms with E-state index in [4.69, 9.17) is 9.47 Å². The van der Waals surface area contributed by atoms with Crippen molar-refractivity contribution in [1.29, 1.82) is 0 Å². The molecule has 9 nitrogen and oxygen atoms in total. The number of carbonyl (C=O) groups is 3. The van der Waals surface area contributed by atoms with Crippen LogP contribution in [0, 0.1) is 0 Å². The van der Waals surface area contributed by atoms with Crippen LogP contribution in [0.2, 0.25) is 0 Å². The van der Waals surface area contributed by atoms with Crippen LogP contribution in [0.5, 0.6) is 17.2 Å². The second kappa shape index (κ2) is 15.3. The summed E-state index contributed by atoms with van der Waals surface area (Å²) in [5.74, 6) is -0.339. The summed E-state index contributed by atoms with van der Waals surface area (Å²) >= 11 is 1.37. The molecular weight excluding hydrogens is 578 g/mol. The Bertz CT molecular complexity index is 1660. The maximum absolute atomic E-state index is 13.5. The van der Waals surface area contributed by atoms with E-state index < -0.39 is 17.1 Å². The number of carbonyl (C=O) groups excluding carboxylic acids is 3. The van der Waals surface area contributed by atoms with Gasteiger partial charge in [0.05, 0.1) is 25.2 Å². The van der Waals surface area contributed by atoms with Gasteiger partial charge in [0.25, 0.3) is 11.8 Å². The van der Waals surface area contributed by atoms with E-state index in [-0.39, 0.29) is 17.4 Å². The van der Waals surface area contributed by atoms with Crippen molar-refractivity contribution in [2.24, 2.45) is 0 Å². The smallest absolute Gasteiger partial charge is 0.272 e. The van der Waals surface area contributed by atoms with Crippen molar-refractivity contribution in [2.75, 3.05) is 24.9 Å². The molecule has 4 N–H and O–H groups in total. The Kier molecular flexibility index (Phi) is 11.0. The Labute approximate surface area is 260 Å². The first kappa shape index (κ1) is 31.7. The van der Waals surface area contributed by atoms with E-state index in [1.807, 2.05) is 25.1 Å². The van der Waals surface area contributed by atoms with E-state index in [1.165, 1.54) is 37.1 Å². The summed E-state index contributed by atoms with van der Waals surface area (Å²) in [6.45, 7) is 1.93. The van der Waals surface area contributed by atoms with Crippen LogP contribution in [0.3, 0.4) is 0 Å². The first-order valence-corrected chi connectivity index (χ1v) is 14.7. The molecule has 0 saturated heterocycles. The Morgan fingerprint density at radius 2 is 1.57 bits per heavy atom. The SMILES string of the molecule is CCC(Sc1cccc(NC(=O)/C(=C\c2ccc(O)cc2OC)NC(=O)c2ccccc2)c1)C(=O)Nc1ccccc1OC. The molecule has 0 spiro atoms. The van der Waals surface area contributed by atoms with Gasteiger partial charge in [0, 0.05) is 27.8 Å². The summed E-state index contributed by atoms with van der Waals surface area (Å²) in [6.07, 6.45) is 2.04. The molecule has 4 rings (SSSR count). The molecular formula is C34H33N3O6S. The molecule has 0 bridgehead atoms. The molecule has 0 fully saturated rings. The molecule has 10 heteroatoms. The Morgan fingerprint density at radius 1 is 0.841 bits per heavy atom. The van der Waals surface area contributed by atoms with Crippen LogP contribution in [0.25, 0.3) is 6.08 Å². The van der Waals surface area contributed by atoms with Crippen molar-refractivity contribution in [3.63, 3.8) is 0 Å². The first-order chi connectivity index (χ1) is 21.3. The van der Waals surface area contributed by atoms with Crippen LogP contribution in [0.1, 0.15) is 29.3 Å². The van der Waals surface area contributed by atoms with Gasteiger partial charge in [0.2, 0.25) is 5.91 Å². The quantitative estimate of drug-likeness (QED) is 0.109. The molecule has 0 saturated carbocycles. The molecule has 0 aliphatic rings. The van der Waals surface area contributed by atoms with E-state index in [1.54, 1.807) is 73.8 Å². The average Bonchev–Trinajstić information content (AvgIpc) is 3.04. The minimum absolute atomic E-state index is 0.00499. The molecule has 1 atom stereocenters. The Balaban J connectivity index is 1.54. The molecule has 0 aromatic heterocycles. The van der Waals surface area contributed by atoms with Gasteiger partial charge >= 0.3 is 0 Å². The normalized spacial score (nSPS) is 11.7. The van der Waals surface area contributed by atoms with Crippen LogP contribution < -0.4 is 25.4 Å². The van der Waals surface area contributed by atoms with Gasteiger partial charge in [0.1, 0.15) is 22.9 Å². The lowest BCUT2D eigenvalue weighted by Gasteiger charge is -2.17. The number of amides is 3. The fourth-order valence-electron chi connectivity index (χ4n) is 4.21. The lowest BCUT2D eigenvalue weighted by atomic mass is 10.1. The number of hydrogen-bond donors (Lipinski definition) is 4. The second-order valence-corrected chi connectivity index (χ2v) is 10.8. The highest BCUT2D eigenvalue weighted by Crippen LogP contribution is 2.31. The van der Waals surface area contributed by atoms with Crippen molar-refractivity contribution in [3.8, 4) is 17.2 Å². The highest BCUT2D eigenvalue weighted by Gasteiger charge is 2.20. The monoisotopic (exact) mass is 611 g/mol. The summed E-state index contributed by atoms with van der Waals surface area (Å²) in [7, 11) is 2.99. The maximum atomic E-state index is 13.5. The number of benzene rings is 4. The van der Waals surface area contributed by atoms with E-state index in [0.29, 0.717) is 40.4 Å². The molecule has 0 aliphatic carbocycles. The number of ether oxygens (including phenoxy) is 2. The van der Waals surface area contributed by atoms with Crippen LogP contribution in [-0.4, -0.2) is 42.3 Å². The number of nitrogens with one attached hydrogen (secondary N) is 3. The number of thioether (sulfide) groups is 1. The highest BCUT2D eigenvalue weighted by atomic mass is 32.2. The van der Waals surface area contributed by atoms with Crippen LogP contribution in [-0.2, 0) is 9.59 Å². The summed E-state index contributed by atoms with van der Waals surface area (Å²) < 4.78 is 10.7. The molecule has 4 aromatic carbocycles. The van der Waals surface area contributed by atoms with Crippen molar-refractivity contribution < 1.29 is 29.0 Å². The number of hydrogen-bond acceptors (Lipinski definition) is 7. The summed E-state index contributed by atoms with van der Waals surface area (Å²) in [5, 5.41) is 17.9. The van der Waals surface area contributed by atoms with E-state index in [0.717, 1.165) is 4.90 Å². The van der Waals surface area contributed by atoms with E-state index in [2.05, 4.69) is 16.0 Å². The molecule has 3 amide bonds. The maximum Gasteiger partial charge on any atom is 0.272 e. The van der Waals surface area contributed by atoms with Crippen molar-refractivity contribution in [3.05, 3.63) is 114 Å². The standard InChI is InChI=1S/C34H33N3O6S/c1-4-31(34(41)36-27-15-8-9-16-29(27)42-2)44-26-14-10-13-24(20-26)35-33(40)28(37-32(39)22-11-6-5-7-12-22)19-23-17-18-25(38)21-30(23)43-3/h5-21,31,38H,4H2,1-3H3,(H,35,40)(H,36,41)(H,37,39)/b28-19+. The largest absolute Gasteiger partial charge is 0.508 e. The molecule has 0 heterocycles. The van der Waals surface area contributed by atoms with Crippen molar-refractivity contribution in [1.82, 2.24) is 5.32 Å². The third-order valence-electron chi connectivity index (χ3n) is 6.44. The summed E-state index contributed by atoms with van der Waals surface area (Å²) in [6, 6.07) is 27.3. The average molecular weight is 612 g/mol. The van der Waals surface area contributed by atoms with Gasteiger partial charge in [-0.2, -0.15) is 0 Å². The number of rotatable bonds is 12. The number of phenolic OH excluding ortho intramolecular Hbond substituents is 1. The molecule has 4 aromatic rings. The number of phenols is 1. The zero-order valence-electron chi connectivity index (χ0n) is 24.5. The lowest BCUT2D eigenvalue weighted by molar-refractivity contribution is -0.116. The van der Waals surface area contributed by atoms with Crippen LogP contribution in [0.4, 0.5) is 11.4 Å². The molecule has 1 unspecified atom stereocenters. The molecule has 226 valence electrons. The number of anilines is 2. The van der Waals surface area contributed by atoms with Gasteiger partial charge < -0.3 is 30.5 Å². The van der Waals surface area contributed by atoms with Gasteiger partial charge in [-0.15, -0.1) is 11.8 Å². The number of aromatic hydroxyl groups is 1. The van der Waals surface area contributed by atoms with E-state index in [9.17, 15) is 19.5 Å².